The van der Waals surface area contributed by atoms with E-state index in [-0.39, 0.29) is 29.2 Å². The van der Waals surface area contributed by atoms with E-state index in [4.69, 9.17) is 0 Å². The zero-order valence-corrected chi connectivity index (χ0v) is 21.0. The van der Waals surface area contributed by atoms with Crippen LogP contribution in [-0.2, 0) is 10.8 Å². The molecule has 0 heterocycles. The minimum Gasteiger partial charge on any atom is -0.429 e. The maximum absolute atomic E-state index is 14.9. The van der Waals surface area contributed by atoms with Crippen molar-refractivity contribution in [3.8, 4) is 11.8 Å². The Labute approximate surface area is 220 Å². The number of hydrogen-bond donors (Lipinski definition) is 0. The number of allylic oxidation sites excluding steroid dienone is 5. The normalized spacial score (nSPS) is 23.0. The van der Waals surface area contributed by atoms with Gasteiger partial charge in [0.1, 0.15) is 34.6 Å². The fraction of sp³-hybridized carbons (Fsp3) is 0.333. The molecule has 0 amide bonds. The maximum Gasteiger partial charge on any atom is 0.432 e. The van der Waals surface area contributed by atoms with Crippen LogP contribution < -0.4 is 0 Å². The van der Waals surface area contributed by atoms with Gasteiger partial charge in [-0.15, -0.1) is 0 Å². The molecule has 4 atom stereocenters. The molecule has 4 unspecified atom stereocenters. The van der Waals surface area contributed by atoms with Crippen molar-refractivity contribution in [3.05, 3.63) is 105 Å². The Hall–Kier alpha value is -3.54. The third-order valence-electron chi connectivity index (χ3n) is 6.78. The van der Waals surface area contributed by atoms with Crippen molar-refractivity contribution >= 4 is 0 Å². The van der Waals surface area contributed by atoms with Crippen molar-refractivity contribution in [3.63, 3.8) is 0 Å². The van der Waals surface area contributed by atoms with Gasteiger partial charge in [0.05, 0.1) is 5.56 Å². The second-order valence-electron chi connectivity index (χ2n) is 9.56. The van der Waals surface area contributed by atoms with Crippen LogP contribution in [-0.4, -0.2) is 12.3 Å². The Bertz CT molecular complexity index is 1370. The van der Waals surface area contributed by atoms with Crippen molar-refractivity contribution in [2.45, 2.75) is 57.5 Å². The SMILES string of the molecule is CCC1C=CC(c2cc(C)c(C#Cc3cc(F)c(C(F)(F)OC4=CC(F)C(F)C(F)=C4)c(F)c3)c(F)c2)CC1. The van der Waals surface area contributed by atoms with Gasteiger partial charge in [-0.25, -0.2) is 26.3 Å². The van der Waals surface area contributed by atoms with E-state index in [1.54, 1.807) is 13.0 Å². The van der Waals surface area contributed by atoms with Crippen molar-refractivity contribution in [2.24, 2.45) is 5.92 Å². The van der Waals surface area contributed by atoms with E-state index < -0.39 is 53.1 Å². The fourth-order valence-corrected chi connectivity index (χ4v) is 4.62. The largest absolute Gasteiger partial charge is 0.432 e. The molecule has 0 fully saturated rings. The van der Waals surface area contributed by atoms with Crippen LogP contribution in [0.5, 0.6) is 0 Å². The number of alkyl halides is 4. The molecule has 9 heteroatoms. The summed E-state index contributed by atoms with van der Waals surface area (Å²) < 4.78 is 117. The molecule has 0 N–H and O–H groups in total. The van der Waals surface area contributed by atoms with Crippen LogP contribution in [0.4, 0.5) is 35.1 Å². The molecular weight excluding hydrogens is 528 g/mol. The Morgan fingerprint density at radius 1 is 0.923 bits per heavy atom. The number of benzene rings is 2. The molecule has 2 aliphatic rings. The first-order valence-corrected chi connectivity index (χ1v) is 12.3. The van der Waals surface area contributed by atoms with Gasteiger partial charge in [-0.05, 0) is 67.5 Å². The van der Waals surface area contributed by atoms with Gasteiger partial charge in [-0.1, -0.05) is 37.0 Å². The van der Waals surface area contributed by atoms with Crippen LogP contribution in [0.25, 0.3) is 0 Å². The third kappa shape index (κ3) is 6.21. The molecule has 0 aliphatic heterocycles. The minimum atomic E-state index is -4.70. The lowest BCUT2D eigenvalue weighted by Crippen LogP contribution is -2.25. The average Bonchev–Trinajstić information content (AvgIpc) is 2.85. The van der Waals surface area contributed by atoms with E-state index in [1.165, 1.54) is 6.07 Å². The van der Waals surface area contributed by atoms with E-state index >= 15 is 0 Å². The van der Waals surface area contributed by atoms with Gasteiger partial charge in [-0.2, -0.15) is 8.78 Å². The molecule has 2 aromatic rings. The topological polar surface area (TPSA) is 9.23 Å². The van der Waals surface area contributed by atoms with Gasteiger partial charge in [0.15, 0.2) is 12.3 Å². The smallest absolute Gasteiger partial charge is 0.429 e. The zero-order chi connectivity index (χ0) is 28.5. The Morgan fingerprint density at radius 2 is 1.62 bits per heavy atom. The Kier molecular flexibility index (Phi) is 8.24. The van der Waals surface area contributed by atoms with E-state index in [0.717, 1.165) is 24.8 Å². The first-order valence-electron chi connectivity index (χ1n) is 12.3. The van der Waals surface area contributed by atoms with Crippen LogP contribution in [0, 0.1) is 42.1 Å². The van der Waals surface area contributed by atoms with Crippen LogP contribution in [0.1, 0.15) is 59.9 Å². The second kappa shape index (κ2) is 11.3. The van der Waals surface area contributed by atoms with E-state index in [2.05, 4.69) is 35.7 Å². The van der Waals surface area contributed by atoms with Gasteiger partial charge >= 0.3 is 6.11 Å². The number of hydrogen-bond acceptors (Lipinski definition) is 1. The number of halogens is 8. The maximum atomic E-state index is 14.9. The fourth-order valence-electron chi connectivity index (χ4n) is 4.62. The van der Waals surface area contributed by atoms with Crippen molar-refractivity contribution in [1.29, 1.82) is 0 Å². The summed E-state index contributed by atoms with van der Waals surface area (Å²) in [4.78, 5) is 0. The molecular formula is C30H24F8O. The molecule has 2 aromatic carbocycles. The van der Waals surface area contributed by atoms with Gasteiger partial charge < -0.3 is 4.74 Å². The average molecular weight is 553 g/mol. The van der Waals surface area contributed by atoms with Crippen LogP contribution in [0.3, 0.4) is 0 Å². The highest BCUT2D eigenvalue weighted by Crippen LogP contribution is 2.38. The molecule has 206 valence electrons. The standard InChI is InChI=1S/C30H24F8O/c1-3-17-4-7-19(8-5-17)20-10-16(2)22(23(31)13-20)9-6-18-11-24(32)28(25(33)12-18)30(37,38)39-21-14-26(34)29(36)27(35)15-21/h4,7,10-15,17,19,26,29H,3,5,8H2,1-2H3. The minimum absolute atomic E-state index is 0.00600. The van der Waals surface area contributed by atoms with E-state index in [0.29, 0.717) is 23.6 Å². The van der Waals surface area contributed by atoms with Crippen molar-refractivity contribution in [1.82, 2.24) is 0 Å². The Balaban J connectivity index is 1.57. The lowest BCUT2D eigenvalue weighted by molar-refractivity contribution is -0.225. The molecule has 0 spiro atoms. The molecule has 2 aliphatic carbocycles. The van der Waals surface area contributed by atoms with Gasteiger partial charge in [0.2, 0.25) is 0 Å². The Morgan fingerprint density at radius 3 is 2.18 bits per heavy atom. The lowest BCUT2D eigenvalue weighted by Gasteiger charge is -2.23. The van der Waals surface area contributed by atoms with Gasteiger partial charge in [-0.3, -0.25) is 0 Å². The van der Waals surface area contributed by atoms with E-state index in [9.17, 15) is 35.1 Å². The summed E-state index contributed by atoms with van der Waals surface area (Å²) in [6.45, 7) is 3.75. The molecule has 4 rings (SSSR count). The summed E-state index contributed by atoms with van der Waals surface area (Å²) in [5.41, 5.74) is -0.913. The number of aryl methyl sites for hydroxylation is 1. The van der Waals surface area contributed by atoms with E-state index in [1.807, 2.05) is 0 Å². The summed E-state index contributed by atoms with van der Waals surface area (Å²) in [7, 11) is 0. The highest BCUT2D eigenvalue weighted by Gasteiger charge is 2.42. The molecule has 0 saturated heterocycles. The molecule has 0 radical (unpaired) electrons. The summed E-state index contributed by atoms with van der Waals surface area (Å²) in [6, 6.07) is 4.16. The van der Waals surface area contributed by atoms with Crippen molar-refractivity contribution < 1.29 is 39.9 Å². The molecule has 0 aromatic heterocycles. The summed E-state index contributed by atoms with van der Waals surface area (Å²) >= 11 is 0. The molecule has 39 heavy (non-hydrogen) atoms. The summed E-state index contributed by atoms with van der Waals surface area (Å²) in [5, 5.41) is 0. The highest BCUT2D eigenvalue weighted by molar-refractivity contribution is 5.50. The van der Waals surface area contributed by atoms with Crippen molar-refractivity contribution in [2.75, 3.05) is 0 Å². The highest BCUT2D eigenvalue weighted by atomic mass is 19.3. The van der Waals surface area contributed by atoms with Crippen LogP contribution in [0.15, 0.2) is 60.2 Å². The molecule has 0 bridgehead atoms. The van der Waals surface area contributed by atoms with Gasteiger partial charge in [0.25, 0.3) is 0 Å². The summed E-state index contributed by atoms with van der Waals surface area (Å²) in [6.07, 6.45) is -2.50. The first kappa shape index (κ1) is 28.5. The lowest BCUT2D eigenvalue weighted by atomic mass is 9.82. The summed E-state index contributed by atoms with van der Waals surface area (Å²) in [5.74, 6) is -1.52. The predicted octanol–water partition coefficient (Wildman–Crippen LogP) is 8.76. The predicted molar refractivity (Wildman–Crippen MR) is 130 cm³/mol. The first-order chi connectivity index (χ1) is 18.4. The third-order valence-corrected chi connectivity index (χ3v) is 6.78. The number of ether oxygens (including phenoxy) is 1. The number of rotatable bonds is 5. The molecule has 1 nitrogen and oxygen atoms in total. The zero-order valence-electron chi connectivity index (χ0n) is 21.0. The quantitative estimate of drug-likeness (QED) is 0.205. The van der Waals surface area contributed by atoms with Crippen LogP contribution in [0.2, 0.25) is 0 Å². The molecule has 0 saturated carbocycles. The van der Waals surface area contributed by atoms with Gasteiger partial charge in [0, 0.05) is 17.6 Å². The monoisotopic (exact) mass is 552 g/mol. The van der Waals surface area contributed by atoms with Crippen LogP contribution >= 0.6 is 0 Å². The second-order valence-corrected chi connectivity index (χ2v) is 9.56.